The maximum atomic E-state index is 13.3. The molecule has 0 aliphatic carbocycles. The van der Waals surface area contributed by atoms with Crippen molar-refractivity contribution in [3.63, 3.8) is 0 Å². The van der Waals surface area contributed by atoms with Gasteiger partial charge in [0.25, 0.3) is 0 Å². The summed E-state index contributed by atoms with van der Waals surface area (Å²) in [6.45, 7) is 4.22. The zero-order valence-electron chi connectivity index (χ0n) is 11.0. The quantitative estimate of drug-likeness (QED) is 0.617. The molecule has 0 fully saturated rings. The van der Waals surface area contributed by atoms with Gasteiger partial charge in [0.1, 0.15) is 5.82 Å². The van der Waals surface area contributed by atoms with E-state index in [2.05, 4.69) is 13.8 Å². The smallest absolute Gasteiger partial charge is 0.164 e. The number of ketones is 1. The number of carbonyl (C=O) groups is 1. The van der Waals surface area contributed by atoms with Gasteiger partial charge in [-0.1, -0.05) is 57.2 Å². The lowest BCUT2D eigenvalue weighted by atomic mass is 9.91. The summed E-state index contributed by atoms with van der Waals surface area (Å²) in [6.07, 6.45) is 4.73. The average molecular weight is 271 g/mol. The largest absolute Gasteiger partial charge is 0.294 e. The molecule has 1 aromatic rings. The standard InChI is InChI=1S/C15H20ClFO/c1-3-5-7-11(4-2)10-14(18)12-8-6-9-13(17)15(12)16/h6,8-9,11H,3-5,7,10H2,1-2H3. The Kier molecular flexibility index (Phi) is 6.34. The minimum absolute atomic E-state index is 0.0483. The normalized spacial score (nSPS) is 12.4. The zero-order valence-corrected chi connectivity index (χ0v) is 11.8. The van der Waals surface area contributed by atoms with Gasteiger partial charge < -0.3 is 0 Å². The Balaban J connectivity index is 2.72. The molecular weight excluding hydrogens is 251 g/mol. The summed E-state index contributed by atoms with van der Waals surface area (Å²) in [5.41, 5.74) is 0.312. The van der Waals surface area contributed by atoms with E-state index in [9.17, 15) is 9.18 Å². The molecule has 0 bridgehead atoms. The highest BCUT2D eigenvalue weighted by Gasteiger charge is 2.17. The second kappa shape index (κ2) is 7.52. The molecule has 1 aromatic carbocycles. The molecule has 0 saturated heterocycles. The number of benzene rings is 1. The van der Waals surface area contributed by atoms with Crippen LogP contribution in [0.15, 0.2) is 18.2 Å². The van der Waals surface area contributed by atoms with Gasteiger partial charge in [-0.3, -0.25) is 4.79 Å². The highest BCUT2D eigenvalue weighted by molar-refractivity contribution is 6.34. The highest BCUT2D eigenvalue weighted by Crippen LogP contribution is 2.24. The van der Waals surface area contributed by atoms with Gasteiger partial charge in [-0.05, 0) is 18.1 Å². The maximum absolute atomic E-state index is 13.3. The summed E-state index contributed by atoms with van der Waals surface area (Å²) in [7, 11) is 0. The molecule has 0 spiro atoms. The first kappa shape index (κ1) is 15.2. The lowest BCUT2D eigenvalue weighted by Crippen LogP contribution is -2.09. The molecule has 0 N–H and O–H groups in total. The van der Waals surface area contributed by atoms with Crippen LogP contribution in [0.4, 0.5) is 4.39 Å². The van der Waals surface area contributed by atoms with Gasteiger partial charge in [0.15, 0.2) is 5.78 Å². The topological polar surface area (TPSA) is 17.1 Å². The average Bonchev–Trinajstić information content (AvgIpc) is 2.37. The molecule has 0 aliphatic heterocycles. The molecule has 0 aromatic heterocycles. The van der Waals surface area contributed by atoms with Crippen molar-refractivity contribution >= 4 is 17.4 Å². The van der Waals surface area contributed by atoms with E-state index < -0.39 is 5.82 Å². The van der Waals surface area contributed by atoms with Gasteiger partial charge in [-0.2, -0.15) is 0 Å². The fourth-order valence-corrected chi connectivity index (χ4v) is 2.27. The summed E-state index contributed by atoms with van der Waals surface area (Å²) in [4.78, 5) is 12.1. The molecule has 1 nitrogen and oxygen atoms in total. The van der Waals surface area contributed by atoms with Crippen molar-refractivity contribution in [1.29, 1.82) is 0 Å². The fourth-order valence-electron chi connectivity index (χ4n) is 2.03. The molecule has 3 heteroatoms. The van der Waals surface area contributed by atoms with Crippen LogP contribution in [0.1, 0.15) is 56.3 Å². The van der Waals surface area contributed by atoms with Crippen molar-refractivity contribution in [3.8, 4) is 0 Å². The summed E-state index contributed by atoms with van der Waals surface area (Å²) in [5.74, 6) is -0.205. The van der Waals surface area contributed by atoms with Gasteiger partial charge in [0.05, 0.1) is 5.02 Å². The van der Waals surface area contributed by atoms with Crippen molar-refractivity contribution < 1.29 is 9.18 Å². The van der Waals surface area contributed by atoms with E-state index in [-0.39, 0.29) is 10.8 Å². The van der Waals surface area contributed by atoms with Crippen LogP contribution in [0.25, 0.3) is 0 Å². The van der Waals surface area contributed by atoms with Crippen LogP contribution >= 0.6 is 11.6 Å². The van der Waals surface area contributed by atoms with E-state index in [0.29, 0.717) is 17.9 Å². The van der Waals surface area contributed by atoms with E-state index in [4.69, 9.17) is 11.6 Å². The van der Waals surface area contributed by atoms with Gasteiger partial charge in [-0.15, -0.1) is 0 Å². The van der Waals surface area contributed by atoms with E-state index in [1.165, 1.54) is 12.1 Å². The van der Waals surface area contributed by atoms with Crippen LogP contribution in [-0.2, 0) is 0 Å². The summed E-state index contributed by atoms with van der Waals surface area (Å²) in [6, 6.07) is 4.40. The predicted octanol–water partition coefficient (Wildman–Crippen LogP) is 5.27. The molecule has 0 amide bonds. The van der Waals surface area contributed by atoms with E-state index in [1.54, 1.807) is 6.07 Å². The van der Waals surface area contributed by atoms with Crippen LogP contribution in [0, 0.1) is 11.7 Å². The number of unbranched alkanes of at least 4 members (excludes halogenated alkanes) is 1. The van der Waals surface area contributed by atoms with Crippen molar-refractivity contribution in [3.05, 3.63) is 34.6 Å². The lowest BCUT2D eigenvalue weighted by molar-refractivity contribution is 0.0956. The second-order valence-electron chi connectivity index (χ2n) is 4.65. The Morgan fingerprint density at radius 2 is 2.11 bits per heavy atom. The fraction of sp³-hybridized carbons (Fsp3) is 0.533. The molecule has 1 unspecified atom stereocenters. The summed E-state index contributed by atoms with van der Waals surface area (Å²) >= 11 is 5.82. The molecule has 0 saturated carbocycles. The van der Waals surface area contributed by atoms with Gasteiger partial charge in [0.2, 0.25) is 0 Å². The maximum Gasteiger partial charge on any atom is 0.164 e. The SMILES string of the molecule is CCCCC(CC)CC(=O)c1cccc(F)c1Cl. The molecule has 0 aliphatic rings. The minimum atomic E-state index is -0.524. The second-order valence-corrected chi connectivity index (χ2v) is 5.02. The number of halogens is 2. The first-order valence-corrected chi connectivity index (χ1v) is 6.95. The van der Waals surface area contributed by atoms with Crippen LogP contribution in [-0.4, -0.2) is 5.78 Å². The molecule has 1 rings (SSSR count). The lowest BCUT2D eigenvalue weighted by Gasteiger charge is -2.14. The number of hydrogen-bond acceptors (Lipinski definition) is 1. The number of carbonyl (C=O) groups excluding carboxylic acids is 1. The van der Waals surface area contributed by atoms with Crippen LogP contribution in [0.5, 0.6) is 0 Å². The van der Waals surface area contributed by atoms with Crippen molar-refractivity contribution in [2.45, 2.75) is 46.0 Å². The highest BCUT2D eigenvalue weighted by atomic mass is 35.5. The Labute approximate surface area is 113 Å². The third-order valence-electron chi connectivity index (χ3n) is 3.27. The Morgan fingerprint density at radius 3 is 2.72 bits per heavy atom. The first-order chi connectivity index (χ1) is 8.60. The number of Topliss-reactive ketones (excluding diaryl/α,β-unsaturated/α-hetero) is 1. The van der Waals surface area contributed by atoms with Crippen LogP contribution < -0.4 is 0 Å². The molecular formula is C15H20ClFO. The molecule has 0 radical (unpaired) electrons. The monoisotopic (exact) mass is 270 g/mol. The molecule has 18 heavy (non-hydrogen) atoms. The van der Waals surface area contributed by atoms with Gasteiger partial charge >= 0.3 is 0 Å². The molecule has 1 atom stereocenters. The number of hydrogen-bond donors (Lipinski definition) is 0. The van der Waals surface area contributed by atoms with Crippen LogP contribution in [0.3, 0.4) is 0 Å². The predicted molar refractivity (Wildman–Crippen MR) is 73.7 cm³/mol. The first-order valence-electron chi connectivity index (χ1n) is 6.57. The summed E-state index contributed by atoms with van der Waals surface area (Å²) < 4.78 is 13.3. The van der Waals surface area contributed by atoms with E-state index in [0.717, 1.165) is 25.7 Å². The zero-order chi connectivity index (χ0) is 13.5. The van der Waals surface area contributed by atoms with E-state index >= 15 is 0 Å². The molecule has 100 valence electrons. The third-order valence-corrected chi connectivity index (χ3v) is 3.65. The third kappa shape index (κ3) is 4.09. The number of rotatable bonds is 7. The van der Waals surface area contributed by atoms with E-state index in [1.807, 2.05) is 0 Å². The Morgan fingerprint density at radius 1 is 1.39 bits per heavy atom. The Bertz CT molecular complexity index is 403. The van der Waals surface area contributed by atoms with Crippen molar-refractivity contribution in [2.24, 2.45) is 5.92 Å². The van der Waals surface area contributed by atoms with Crippen LogP contribution in [0.2, 0.25) is 5.02 Å². The van der Waals surface area contributed by atoms with Gasteiger partial charge in [0, 0.05) is 12.0 Å². The van der Waals surface area contributed by atoms with Gasteiger partial charge in [-0.25, -0.2) is 4.39 Å². The Hall–Kier alpha value is -0.890. The van der Waals surface area contributed by atoms with Crippen molar-refractivity contribution in [2.75, 3.05) is 0 Å². The molecule has 0 heterocycles. The summed E-state index contributed by atoms with van der Waals surface area (Å²) in [5, 5.41) is -0.0483. The van der Waals surface area contributed by atoms with Crippen molar-refractivity contribution in [1.82, 2.24) is 0 Å². The minimum Gasteiger partial charge on any atom is -0.294 e.